The maximum atomic E-state index is 5.95. The minimum atomic E-state index is 0.186. The Balaban J connectivity index is 2.47. The summed E-state index contributed by atoms with van der Waals surface area (Å²) < 4.78 is 5.17. The van der Waals surface area contributed by atoms with Gasteiger partial charge in [-0.2, -0.15) is 5.10 Å². The highest BCUT2D eigenvalue weighted by atomic mass is 35.5. The normalized spacial score (nSPS) is 11.5. The predicted molar refractivity (Wildman–Crippen MR) is 81.1 cm³/mol. The lowest BCUT2D eigenvalue weighted by Crippen LogP contribution is -2.08. The van der Waals surface area contributed by atoms with E-state index in [1.54, 1.807) is 7.11 Å². The van der Waals surface area contributed by atoms with Crippen LogP contribution in [-0.4, -0.2) is 23.0 Å². The van der Waals surface area contributed by atoms with E-state index < -0.39 is 0 Å². The number of methoxy groups -OCH3 is 1. The van der Waals surface area contributed by atoms with E-state index in [1.165, 1.54) is 0 Å². The lowest BCUT2D eigenvalue weighted by atomic mass is 10.1. The molecule has 1 aromatic heterocycles. The maximum absolute atomic E-state index is 5.95. The Morgan fingerprint density at radius 1 is 1.35 bits per heavy atom. The summed E-state index contributed by atoms with van der Waals surface area (Å²) >= 11 is 5.91. The monoisotopic (exact) mass is 290 g/mol. The Labute approximate surface area is 122 Å². The number of nitrogens with two attached hydrogens (primary N) is 1. The Kier molecular flexibility index (Phi) is 4.20. The largest absolute Gasteiger partial charge is 0.497 e. The average molecular weight is 291 g/mol. The quantitative estimate of drug-likeness (QED) is 0.881. The van der Waals surface area contributed by atoms with Crippen molar-refractivity contribution in [1.29, 1.82) is 0 Å². The second kappa shape index (κ2) is 5.88. The second-order valence-corrected chi connectivity index (χ2v) is 4.62. The Morgan fingerprint density at radius 3 is 2.80 bits per heavy atom. The molecule has 5 nitrogen and oxygen atoms in total. The predicted octanol–water partition coefficient (Wildman–Crippen LogP) is 3.17. The van der Waals surface area contributed by atoms with Crippen LogP contribution in [0, 0.1) is 6.92 Å². The molecule has 0 fully saturated rings. The van der Waals surface area contributed by atoms with Gasteiger partial charge < -0.3 is 10.5 Å². The van der Waals surface area contributed by atoms with Gasteiger partial charge in [0.25, 0.3) is 0 Å². The van der Waals surface area contributed by atoms with Crippen molar-refractivity contribution in [2.24, 2.45) is 4.99 Å². The van der Waals surface area contributed by atoms with Crippen molar-refractivity contribution in [2.75, 3.05) is 12.8 Å². The van der Waals surface area contributed by atoms with Crippen LogP contribution in [0.25, 0.3) is 0 Å². The van der Waals surface area contributed by atoms with E-state index in [1.807, 2.05) is 38.1 Å². The van der Waals surface area contributed by atoms with Crippen molar-refractivity contribution < 1.29 is 4.74 Å². The first kappa shape index (κ1) is 14.3. The smallest absolute Gasteiger partial charge is 0.175 e. The molecule has 0 saturated carbocycles. The maximum Gasteiger partial charge on any atom is 0.175 e. The molecule has 0 bridgehead atoms. The van der Waals surface area contributed by atoms with E-state index in [0.717, 1.165) is 17.1 Å². The lowest BCUT2D eigenvalue weighted by Gasteiger charge is -2.09. The number of aryl methyl sites for hydroxylation is 1. The summed E-state index contributed by atoms with van der Waals surface area (Å²) in [5.74, 6) is 0.745. The van der Waals surface area contributed by atoms with Crippen molar-refractivity contribution in [2.45, 2.75) is 13.8 Å². The van der Waals surface area contributed by atoms with Crippen molar-refractivity contribution in [3.63, 3.8) is 0 Å². The Bertz CT molecular complexity index is 670. The zero-order chi connectivity index (χ0) is 14.7. The minimum Gasteiger partial charge on any atom is -0.497 e. The molecule has 1 heterocycles. The second-order valence-electron chi connectivity index (χ2n) is 4.26. The van der Waals surface area contributed by atoms with Gasteiger partial charge in [0.1, 0.15) is 5.75 Å². The fraction of sp³-hybridized carbons (Fsp3) is 0.214. The molecule has 104 valence electrons. The van der Waals surface area contributed by atoms with Crippen LogP contribution in [0.15, 0.2) is 29.3 Å². The third-order valence-corrected chi connectivity index (χ3v) is 3.13. The number of aromatic nitrogens is 2. The number of aliphatic imine (C=N–C) groups is 1. The molecule has 0 saturated heterocycles. The first-order valence-electron chi connectivity index (χ1n) is 6.01. The van der Waals surface area contributed by atoms with Gasteiger partial charge in [0.2, 0.25) is 0 Å². The first-order valence-corrected chi connectivity index (χ1v) is 6.38. The van der Waals surface area contributed by atoms with Crippen molar-refractivity contribution in [3.05, 3.63) is 40.7 Å². The molecular formula is C14H15ClN4O. The van der Waals surface area contributed by atoms with E-state index >= 15 is 0 Å². The van der Waals surface area contributed by atoms with Gasteiger partial charge in [0.15, 0.2) is 5.15 Å². The van der Waals surface area contributed by atoms with Gasteiger partial charge in [-0.1, -0.05) is 17.7 Å². The van der Waals surface area contributed by atoms with E-state index in [9.17, 15) is 0 Å². The molecule has 6 heteroatoms. The van der Waals surface area contributed by atoms with Gasteiger partial charge in [-0.05, 0) is 26.0 Å². The first-order chi connectivity index (χ1) is 9.52. The number of hydrogen-bond donors (Lipinski definition) is 1. The Morgan fingerprint density at radius 2 is 2.10 bits per heavy atom. The van der Waals surface area contributed by atoms with Gasteiger partial charge in [0, 0.05) is 17.3 Å². The number of benzene rings is 1. The van der Waals surface area contributed by atoms with Gasteiger partial charge in [-0.3, -0.25) is 4.99 Å². The molecule has 0 spiro atoms. The third-order valence-electron chi connectivity index (χ3n) is 2.85. The zero-order valence-corrected chi connectivity index (χ0v) is 12.3. The van der Waals surface area contributed by atoms with E-state index in [4.69, 9.17) is 22.1 Å². The molecule has 2 aromatic rings. The van der Waals surface area contributed by atoms with Crippen molar-refractivity contribution >= 4 is 28.7 Å². The molecule has 0 aliphatic carbocycles. The van der Waals surface area contributed by atoms with Crippen LogP contribution in [0.1, 0.15) is 18.2 Å². The van der Waals surface area contributed by atoms with Crippen LogP contribution in [0.3, 0.4) is 0 Å². The number of halogens is 1. The van der Waals surface area contributed by atoms with E-state index in [-0.39, 0.29) is 5.15 Å². The van der Waals surface area contributed by atoms with Crippen LogP contribution in [0.4, 0.5) is 11.4 Å². The molecule has 20 heavy (non-hydrogen) atoms. The van der Waals surface area contributed by atoms with Crippen LogP contribution < -0.4 is 10.5 Å². The van der Waals surface area contributed by atoms with Gasteiger partial charge in [-0.15, -0.1) is 5.10 Å². The van der Waals surface area contributed by atoms with Gasteiger partial charge in [-0.25, -0.2) is 0 Å². The standard InChI is InChI=1S/C14H15ClN4O/c1-8(12-9(2)18-19-14(15)13(12)16)17-10-5-4-6-11(7-10)20-3/h4-7H,1-3H3,(H2,16,18). The molecule has 0 amide bonds. The average Bonchev–Trinajstić information content (AvgIpc) is 2.43. The van der Waals surface area contributed by atoms with Gasteiger partial charge >= 0.3 is 0 Å². The highest BCUT2D eigenvalue weighted by molar-refractivity contribution is 6.32. The lowest BCUT2D eigenvalue weighted by molar-refractivity contribution is 0.415. The van der Waals surface area contributed by atoms with Crippen LogP contribution in [-0.2, 0) is 0 Å². The number of nitrogen functional groups attached to an aromatic ring is 1. The van der Waals surface area contributed by atoms with Gasteiger partial charge in [0.05, 0.1) is 24.2 Å². The fourth-order valence-electron chi connectivity index (χ4n) is 1.91. The number of rotatable bonds is 3. The number of hydrogen-bond acceptors (Lipinski definition) is 5. The zero-order valence-electron chi connectivity index (χ0n) is 11.5. The molecule has 2 rings (SSSR count). The topological polar surface area (TPSA) is 73.4 Å². The highest BCUT2D eigenvalue weighted by Gasteiger charge is 2.12. The minimum absolute atomic E-state index is 0.186. The SMILES string of the molecule is COc1cccc(N=C(C)c2c(C)nnc(Cl)c2N)c1. The fourth-order valence-corrected chi connectivity index (χ4v) is 2.04. The van der Waals surface area contributed by atoms with Crippen LogP contribution in [0.2, 0.25) is 5.15 Å². The summed E-state index contributed by atoms with van der Waals surface area (Å²) in [4.78, 5) is 4.53. The molecule has 0 radical (unpaired) electrons. The van der Waals surface area contributed by atoms with Crippen molar-refractivity contribution in [3.8, 4) is 5.75 Å². The number of anilines is 1. The summed E-state index contributed by atoms with van der Waals surface area (Å²) in [5.41, 5.74) is 9.25. The molecule has 2 N–H and O–H groups in total. The van der Waals surface area contributed by atoms with Crippen LogP contribution >= 0.6 is 11.6 Å². The molecule has 0 atom stereocenters. The molecule has 0 aliphatic heterocycles. The third kappa shape index (κ3) is 2.88. The molecular weight excluding hydrogens is 276 g/mol. The molecule has 0 unspecified atom stereocenters. The number of nitrogens with zero attached hydrogens (tertiary/aromatic N) is 3. The van der Waals surface area contributed by atoms with E-state index in [0.29, 0.717) is 16.9 Å². The molecule has 0 aliphatic rings. The summed E-state index contributed by atoms with van der Waals surface area (Å²) in [6, 6.07) is 7.46. The highest BCUT2D eigenvalue weighted by Crippen LogP contribution is 2.25. The number of ether oxygens (including phenoxy) is 1. The summed E-state index contributed by atoms with van der Waals surface area (Å²) in [5, 5.41) is 7.93. The summed E-state index contributed by atoms with van der Waals surface area (Å²) in [7, 11) is 1.62. The summed E-state index contributed by atoms with van der Waals surface area (Å²) in [6.45, 7) is 3.68. The van der Waals surface area contributed by atoms with E-state index in [2.05, 4.69) is 15.2 Å². The summed E-state index contributed by atoms with van der Waals surface area (Å²) in [6.07, 6.45) is 0. The Hall–Kier alpha value is -2.14. The van der Waals surface area contributed by atoms with Crippen LogP contribution in [0.5, 0.6) is 5.75 Å². The molecule has 1 aromatic carbocycles. The van der Waals surface area contributed by atoms with Crippen molar-refractivity contribution in [1.82, 2.24) is 10.2 Å².